The number of hydrogen-bond donors (Lipinski definition) is 0. The Kier molecular flexibility index (Phi) is 7.28. The van der Waals surface area contributed by atoms with Crippen LogP contribution < -0.4 is 9.64 Å². The summed E-state index contributed by atoms with van der Waals surface area (Å²) < 4.78 is 12.6. The monoisotopic (exact) mass is 496 g/mol. The average molecular weight is 497 g/mol. The lowest BCUT2D eigenvalue weighted by molar-refractivity contribution is -0.130. The number of methoxy groups -OCH3 is 1. The lowest BCUT2D eigenvalue weighted by atomic mass is 10.1. The molecule has 1 fully saturated rings. The molecule has 0 spiro atoms. The molecule has 0 aliphatic carbocycles. The van der Waals surface area contributed by atoms with Crippen LogP contribution >= 0.6 is 0 Å². The highest BCUT2D eigenvalue weighted by molar-refractivity contribution is 5.85. The zero-order valence-electron chi connectivity index (χ0n) is 20.7. The maximum absolute atomic E-state index is 12.7. The number of anilines is 1. The number of piperazine rings is 1. The highest BCUT2D eigenvalue weighted by Crippen LogP contribution is 2.31. The number of nitriles is 1. The van der Waals surface area contributed by atoms with Crippen molar-refractivity contribution in [3.63, 3.8) is 0 Å². The zero-order chi connectivity index (χ0) is 25.6. The lowest BCUT2D eigenvalue weighted by Gasteiger charge is -2.35. The maximum atomic E-state index is 12.7. The zero-order valence-corrected chi connectivity index (χ0v) is 20.7. The highest BCUT2D eigenvalue weighted by Gasteiger charge is 2.22. The first kappa shape index (κ1) is 24.3. The van der Waals surface area contributed by atoms with Gasteiger partial charge < -0.3 is 19.3 Å². The van der Waals surface area contributed by atoms with Gasteiger partial charge in [0.1, 0.15) is 24.2 Å². The van der Waals surface area contributed by atoms with E-state index in [2.05, 4.69) is 16.1 Å². The van der Waals surface area contributed by atoms with E-state index >= 15 is 0 Å². The summed E-state index contributed by atoms with van der Waals surface area (Å²) in [6, 6.07) is 17.9. The van der Waals surface area contributed by atoms with Crippen molar-refractivity contribution in [2.45, 2.75) is 6.42 Å². The van der Waals surface area contributed by atoms with E-state index in [9.17, 15) is 10.1 Å². The lowest BCUT2D eigenvalue weighted by Crippen LogP contribution is -2.49. The molecule has 1 aromatic carbocycles. The summed E-state index contributed by atoms with van der Waals surface area (Å²) >= 11 is 0. The van der Waals surface area contributed by atoms with Gasteiger partial charge in [0.15, 0.2) is 0 Å². The second kappa shape index (κ2) is 11.1. The van der Waals surface area contributed by atoms with E-state index in [0.717, 1.165) is 35.6 Å². The second-order valence-electron chi connectivity index (χ2n) is 8.83. The molecule has 4 heterocycles. The number of nitrogens with zero attached hydrogens (tertiary/aromatic N) is 6. The summed E-state index contributed by atoms with van der Waals surface area (Å²) in [4.78, 5) is 21.5. The first-order valence-corrected chi connectivity index (χ1v) is 12.2. The van der Waals surface area contributed by atoms with E-state index < -0.39 is 0 Å². The van der Waals surface area contributed by atoms with Gasteiger partial charge in [-0.3, -0.25) is 4.79 Å². The molecular formula is C28H28N6O3. The van der Waals surface area contributed by atoms with E-state index in [-0.39, 0.29) is 5.91 Å². The van der Waals surface area contributed by atoms with Gasteiger partial charge in [0.2, 0.25) is 5.91 Å². The number of aromatic nitrogens is 3. The molecule has 3 aromatic heterocycles. The molecule has 37 heavy (non-hydrogen) atoms. The van der Waals surface area contributed by atoms with Gasteiger partial charge in [-0.05, 0) is 23.8 Å². The summed E-state index contributed by atoms with van der Waals surface area (Å²) in [5.41, 5.74) is 3.91. The van der Waals surface area contributed by atoms with Crippen LogP contribution in [0.15, 0.2) is 67.1 Å². The Labute approximate surface area is 215 Å². The van der Waals surface area contributed by atoms with Crippen LogP contribution in [0.2, 0.25) is 0 Å². The molecule has 0 unspecified atom stereocenters. The molecule has 1 amide bonds. The standard InChI is InChI=1S/C28H28N6O3/c1-36-13-14-37-24-16-25(28-23(17-29)19-31-34(28)20-24)22-7-8-26(30-18-22)32-9-11-33(12-10-32)27(35)15-21-5-3-2-4-6-21/h2-8,16,18-20H,9-15H2,1H3. The summed E-state index contributed by atoms with van der Waals surface area (Å²) in [6.45, 7) is 3.65. The van der Waals surface area contributed by atoms with E-state index in [1.54, 1.807) is 24.0 Å². The Bertz CT molecular complexity index is 1400. The van der Waals surface area contributed by atoms with Crippen LogP contribution in [0.3, 0.4) is 0 Å². The summed E-state index contributed by atoms with van der Waals surface area (Å²) in [5, 5.41) is 13.9. The Balaban J connectivity index is 1.30. The molecule has 0 atom stereocenters. The fraction of sp³-hybridized carbons (Fsp3) is 0.286. The normalized spacial score (nSPS) is 13.5. The van der Waals surface area contributed by atoms with Crippen molar-refractivity contribution in [1.29, 1.82) is 5.26 Å². The predicted octanol–water partition coefficient (Wildman–Crippen LogP) is 3.18. The van der Waals surface area contributed by atoms with E-state index in [1.165, 1.54) is 0 Å². The largest absolute Gasteiger partial charge is 0.490 e. The Morgan fingerprint density at radius 3 is 2.57 bits per heavy atom. The number of amides is 1. The number of carbonyl (C=O) groups excluding carboxylic acids is 1. The molecule has 4 aromatic rings. The molecule has 1 saturated heterocycles. The number of carbonyl (C=O) groups is 1. The number of pyridine rings is 2. The SMILES string of the molecule is COCCOc1cc(-c2ccc(N3CCN(C(=O)Cc4ccccc4)CC3)nc2)c2c(C#N)cnn2c1. The van der Waals surface area contributed by atoms with Gasteiger partial charge in [-0.25, -0.2) is 9.50 Å². The molecular weight excluding hydrogens is 468 g/mol. The number of fused-ring (bicyclic) bond motifs is 1. The summed E-state index contributed by atoms with van der Waals surface area (Å²) in [7, 11) is 1.63. The smallest absolute Gasteiger partial charge is 0.227 e. The summed E-state index contributed by atoms with van der Waals surface area (Å²) in [5.74, 6) is 1.64. The van der Waals surface area contributed by atoms with Crippen molar-refractivity contribution in [2.24, 2.45) is 0 Å². The first-order valence-electron chi connectivity index (χ1n) is 12.2. The van der Waals surface area contributed by atoms with E-state index in [1.807, 2.05) is 59.6 Å². The fourth-order valence-corrected chi connectivity index (χ4v) is 4.52. The van der Waals surface area contributed by atoms with Crippen molar-refractivity contribution >= 4 is 17.2 Å². The number of ether oxygens (including phenoxy) is 2. The molecule has 0 radical (unpaired) electrons. The molecule has 0 saturated carbocycles. The molecule has 5 rings (SSSR count). The van der Waals surface area contributed by atoms with Crippen molar-refractivity contribution in [3.8, 4) is 22.9 Å². The maximum Gasteiger partial charge on any atom is 0.227 e. The fourth-order valence-electron chi connectivity index (χ4n) is 4.52. The van der Waals surface area contributed by atoms with Crippen molar-refractivity contribution in [1.82, 2.24) is 19.5 Å². The molecule has 9 heteroatoms. The van der Waals surface area contributed by atoms with Crippen LogP contribution in [-0.2, 0) is 16.0 Å². The number of rotatable bonds is 8. The minimum absolute atomic E-state index is 0.153. The van der Waals surface area contributed by atoms with Crippen LogP contribution in [0.4, 0.5) is 5.82 Å². The molecule has 9 nitrogen and oxygen atoms in total. The first-order chi connectivity index (χ1) is 18.2. The van der Waals surface area contributed by atoms with Crippen LogP contribution in [-0.4, -0.2) is 71.9 Å². The molecule has 0 bridgehead atoms. The van der Waals surface area contributed by atoms with Gasteiger partial charge in [-0.2, -0.15) is 10.4 Å². The summed E-state index contributed by atoms with van der Waals surface area (Å²) in [6.07, 6.45) is 5.55. The average Bonchev–Trinajstić information content (AvgIpc) is 3.37. The van der Waals surface area contributed by atoms with Crippen LogP contribution in [0.5, 0.6) is 5.75 Å². The molecule has 1 aliphatic heterocycles. The molecule has 188 valence electrons. The third kappa shape index (κ3) is 5.39. The third-order valence-electron chi connectivity index (χ3n) is 6.48. The van der Waals surface area contributed by atoms with Gasteiger partial charge in [-0.1, -0.05) is 30.3 Å². The van der Waals surface area contributed by atoms with Crippen LogP contribution in [0.1, 0.15) is 11.1 Å². The Morgan fingerprint density at radius 1 is 1.05 bits per heavy atom. The highest BCUT2D eigenvalue weighted by atomic mass is 16.5. The number of hydrogen-bond acceptors (Lipinski definition) is 7. The Hall–Kier alpha value is -4.42. The quantitative estimate of drug-likeness (QED) is 0.346. The predicted molar refractivity (Wildman–Crippen MR) is 139 cm³/mol. The number of benzene rings is 1. The molecule has 1 aliphatic rings. The second-order valence-corrected chi connectivity index (χ2v) is 8.83. The van der Waals surface area contributed by atoms with Crippen LogP contribution in [0, 0.1) is 11.3 Å². The van der Waals surface area contributed by atoms with Gasteiger partial charge in [0, 0.05) is 50.6 Å². The van der Waals surface area contributed by atoms with Gasteiger partial charge in [0.05, 0.1) is 36.5 Å². The van der Waals surface area contributed by atoms with E-state index in [0.29, 0.717) is 49.6 Å². The van der Waals surface area contributed by atoms with Crippen molar-refractivity contribution < 1.29 is 14.3 Å². The minimum atomic E-state index is 0.153. The minimum Gasteiger partial charge on any atom is -0.490 e. The van der Waals surface area contributed by atoms with Gasteiger partial charge >= 0.3 is 0 Å². The van der Waals surface area contributed by atoms with E-state index in [4.69, 9.17) is 14.5 Å². The van der Waals surface area contributed by atoms with Gasteiger partial charge in [-0.15, -0.1) is 0 Å². The third-order valence-corrected chi connectivity index (χ3v) is 6.48. The van der Waals surface area contributed by atoms with Crippen LogP contribution in [0.25, 0.3) is 16.6 Å². The topological polar surface area (TPSA) is 96.0 Å². The molecule has 0 N–H and O–H groups in total. The van der Waals surface area contributed by atoms with Gasteiger partial charge in [0.25, 0.3) is 0 Å². The Morgan fingerprint density at radius 2 is 1.86 bits per heavy atom. The van der Waals surface area contributed by atoms with Crippen molar-refractivity contribution in [3.05, 3.63) is 78.2 Å². The van der Waals surface area contributed by atoms with Crippen molar-refractivity contribution in [2.75, 3.05) is 51.4 Å².